The van der Waals surface area contributed by atoms with Crippen molar-refractivity contribution in [3.8, 4) is 0 Å². The Bertz CT molecular complexity index is 1090. The van der Waals surface area contributed by atoms with Gasteiger partial charge in [-0.3, -0.25) is 19.6 Å². The fourth-order valence-electron chi connectivity index (χ4n) is 4.44. The van der Waals surface area contributed by atoms with Crippen molar-refractivity contribution >= 4 is 22.7 Å². The van der Waals surface area contributed by atoms with Crippen molar-refractivity contribution in [2.45, 2.75) is 51.5 Å². The molecule has 0 spiro atoms. The standard InChI is InChI=1S/C26H30N4O2/c1-17(2)29-26(32)22-15-24(30-23-6-4-3-5-21(22)23)19-9-7-18(8-10-19)16-28-25(31)20-11-13-27-14-12-20/h3-6,11-15,17-19H,7-10,16H2,1-2H3,(H,28,31)(H,29,32). The van der Waals surface area contributed by atoms with Crippen molar-refractivity contribution in [3.63, 3.8) is 0 Å². The first kappa shape index (κ1) is 21.9. The van der Waals surface area contributed by atoms with Gasteiger partial charge in [-0.25, -0.2) is 0 Å². The van der Waals surface area contributed by atoms with Crippen LogP contribution in [0.1, 0.15) is 71.9 Å². The Hall–Kier alpha value is -3.28. The number of hydrogen-bond donors (Lipinski definition) is 2. The first-order valence-corrected chi connectivity index (χ1v) is 11.4. The molecule has 2 N–H and O–H groups in total. The summed E-state index contributed by atoms with van der Waals surface area (Å²) in [7, 11) is 0. The number of aromatic nitrogens is 2. The van der Waals surface area contributed by atoms with Crippen molar-refractivity contribution < 1.29 is 9.59 Å². The van der Waals surface area contributed by atoms with Crippen LogP contribution in [0.2, 0.25) is 0 Å². The number of carbonyl (C=O) groups is 2. The second-order valence-electron chi connectivity index (χ2n) is 8.90. The highest BCUT2D eigenvalue weighted by atomic mass is 16.2. The average Bonchev–Trinajstić information content (AvgIpc) is 2.82. The van der Waals surface area contributed by atoms with Gasteiger partial charge in [-0.05, 0) is 69.7 Å². The SMILES string of the molecule is CC(C)NC(=O)c1cc(C2CCC(CNC(=O)c3ccncc3)CC2)nc2ccccc12. The lowest BCUT2D eigenvalue weighted by Crippen LogP contribution is -2.31. The Morgan fingerprint density at radius 3 is 2.44 bits per heavy atom. The largest absolute Gasteiger partial charge is 0.352 e. The molecule has 1 fully saturated rings. The van der Waals surface area contributed by atoms with E-state index in [0.29, 0.717) is 29.5 Å². The quantitative estimate of drug-likeness (QED) is 0.604. The molecule has 6 nitrogen and oxygen atoms in total. The lowest BCUT2D eigenvalue weighted by Gasteiger charge is -2.28. The molecule has 32 heavy (non-hydrogen) atoms. The highest BCUT2D eigenvalue weighted by Gasteiger charge is 2.25. The summed E-state index contributed by atoms with van der Waals surface area (Å²) in [4.78, 5) is 34.0. The summed E-state index contributed by atoms with van der Waals surface area (Å²) in [6.07, 6.45) is 7.34. The van der Waals surface area contributed by atoms with Gasteiger partial charge in [0.1, 0.15) is 0 Å². The molecule has 0 bridgehead atoms. The van der Waals surface area contributed by atoms with Crippen LogP contribution < -0.4 is 10.6 Å². The van der Waals surface area contributed by atoms with Gasteiger partial charge in [-0.1, -0.05) is 18.2 Å². The molecule has 2 aromatic heterocycles. The van der Waals surface area contributed by atoms with Gasteiger partial charge in [-0.15, -0.1) is 0 Å². The van der Waals surface area contributed by atoms with Gasteiger partial charge in [-0.2, -0.15) is 0 Å². The number of para-hydroxylation sites is 1. The van der Waals surface area contributed by atoms with Crippen LogP contribution in [0.4, 0.5) is 0 Å². The van der Waals surface area contributed by atoms with E-state index in [2.05, 4.69) is 15.6 Å². The monoisotopic (exact) mass is 430 g/mol. The summed E-state index contributed by atoms with van der Waals surface area (Å²) in [5.41, 5.74) is 3.20. The van der Waals surface area contributed by atoms with Crippen LogP contribution in [0.15, 0.2) is 54.9 Å². The number of nitrogens with zero attached hydrogens (tertiary/aromatic N) is 2. The van der Waals surface area contributed by atoms with E-state index in [9.17, 15) is 9.59 Å². The van der Waals surface area contributed by atoms with E-state index < -0.39 is 0 Å². The van der Waals surface area contributed by atoms with Gasteiger partial charge in [0.25, 0.3) is 11.8 Å². The maximum atomic E-state index is 12.8. The van der Waals surface area contributed by atoms with Crippen LogP contribution in [0.25, 0.3) is 10.9 Å². The van der Waals surface area contributed by atoms with Crippen LogP contribution in [0, 0.1) is 5.92 Å². The Labute approximate surface area is 188 Å². The van der Waals surface area contributed by atoms with Crippen molar-refractivity contribution in [2.24, 2.45) is 5.92 Å². The van der Waals surface area contributed by atoms with Crippen molar-refractivity contribution in [3.05, 3.63) is 71.7 Å². The van der Waals surface area contributed by atoms with E-state index in [-0.39, 0.29) is 17.9 Å². The zero-order valence-electron chi connectivity index (χ0n) is 18.7. The summed E-state index contributed by atoms with van der Waals surface area (Å²) >= 11 is 0. The number of pyridine rings is 2. The number of nitrogens with one attached hydrogen (secondary N) is 2. The lowest BCUT2D eigenvalue weighted by atomic mass is 9.80. The molecule has 3 aromatic rings. The average molecular weight is 431 g/mol. The number of amides is 2. The van der Waals surface area contributed by atoms with Gasteiger partial charge in [0.2, 0.25) is 0 Å². The second-order valence-corrected chi connectivity index (χ2v) is 8.90. The van der Waals surface area contributed by atoms with Gasteiger partial charge in [0.05, 0.1) is 11.1 Å². The molecular formula is C26H30N4O2. The van der Waals surface area contributed by atoms with E-state index in [1.54, 1.807) is 24.5 Å². The van der Waals surface area contributed by atoms with E-state index in [1.807, 2.05) is 44.2 Å². The lowest BCUT2D eigenvalue weighted by molar-refractivity contribution is 0.0936. The second kappa shape index (κ2) is 9.90. The highest BCUT2D eigenvalue weighted by Crippen LogP contribution is 2.36. The fraction of sp³-hybridized carbons (Fsp3) is 0.385. The maximum absolute atomic E-state index is 12.8. The number of benzene rings is 1. The van der Waals surface area contributed by atoms with Crippen molar-refractivity contribution in [1.29, 1.82) is 0 Å². The third-order valence-electron chi connectivity index (χ3n) is 6.16. The zero-order valence-corrected chi connectivity index (χ0v) is 18.7. The minimum absolute atomic E-state index is 0.0487. The normalized spacial score (nSPS) is 18.5. The molecule has 4 rings (SSSR count). The molecule has 0 saturated heterocycles. The third-order valence-corrected chi connectivity index (χ3v) is 6.16. The summed E-state index contributed by atoms with van der Waals surface area (Å²) in [6, 6.07) is 13.4. The van der Waals surface area contributed by atoms with E-state index in [1.165, 1.54) is 0 Å². The van der Waals surface area contributed by atoms with Gasteiger partial charge < -0.3 is 10.6 Å². The van der Waals surface area contributed by atoms with Crippen LogP contribution >= 0.6 is 0 Å². The summed E-state index contributed by atoms with van der Waals surface area (Å²) in [6.45, 7) is 4.62. The summed E-state index contributed by atoms with van der Waals surface area (Å²) < 4.78 is 0. The van der Waals surface area contributed by atoms with E-state index in [4.69, 9.17) is 4.98 Å². The first-order chi connectivity index (χ1) is 15.5. The predicted octanol–water partition coefficient (Wildman–Crippen LogP) is 4.47. The Balaban J connectivity index is 1.42. The third kappa shape index (κ3) is 5.13. The molecule has 2 heterocycles. The van der Waals surface area contributed by atoms with Crippen LogP contribution in [-0.4, -0.2) is 34.4 Å². The molecule has 0 unspecified atom stereocenters. The van der Waals surface area contributed by atoms with Crippen LogP contribution in [0.5, 0.6) is 0 Å². The molecule has 0 atom stereocenters. The maximum Gasteiger partial charge on any atom is 0.252 e. The van der Waals surface area contributed by atoms with E-state index >= 15 is 0 Å². The van der Waals surface area contributed by atoms with Crippen molar-refractivity contribution in [1.82, 2.24) is 20.6 Å². The summed E-state index contributed by atoms with van der Waals surface area (Å²) in [5.74, 6) is 0.692. The number of fused-ring (bicyclic) bond motifs is 1. The molecule has 166 valence electrons. The molecule has 1 aromatic carbocycles. The van der Waals surface area contributed by atoms with E-state index in [0.717, 1.165) is 42.3 Å². The first-order valence-electron chi connectivity index (χ1n) is 11.4. The van der Waals surface area contributed by atoms with Gasteiger partial charge in [0, 0.05) is 47.5 Å². The van der Waals surface area contributed by atoms with Crippen LogP contribution in [-0.2, 0) is 0 Å². The molecule has 1 saturated carbocycles. The van der Waals surface area contributed by atoms with Crippen LogP contribution in [0.3, 0.4) is 0 Å². The molecule has 2 amide bonds. The number of hydrogen-bond acceptors (Lipinski definition) is 4. The smallest absolute Gasteiger partial charge is 0.252 e. The zero-order chi connectivity index (χ0) is 22.5. The summed E-state index contributed by atoms with van der Waals surface area (Å²) in [5, 5.41) is 6.96. The van der Waals surface area contributed by atoms with Gasteiger partial charge >= 0.3 is 0 Å². The Kier molecular flexibility index (Phi) is 6.78. The number of carbonyl (C=O) groups excluding carboxylic acids is 2. The molecule has 6 heteroatoms. The minimum Gasteiger partial charge on any atom is -0.352 e. The Morgan fingerprint density at radius 2 is 1.72 bits per heavy atom. The van der Waals surface area contributed by atoms with Gasteiger partial charge in [0.15, 0.2) is 0 Å². The Morgan fingerprint density at radius 1 is 1.00 bits per heavy atom. The highest BCUT2D eigenvalue weighted by molar-refractivity contribution is 6.06. The molecule has 1 aliphatic rings. The van der Waals surface area contributed by atoms with Crippen molar-refractivity contribution in [2.75, 3.05) is 6.54 Å². The molecule has 0 aliphatic heterocycles. The number of rotatable bonds is 6. The fourth-order valence-corrected chi connectivity index (χ4v) is 4.44. The molecular weight excluding hydrogens is 400 g/mol. The molecule has 0 radical (unpaired) electrons. The topological polar surface area (TPSA) is 84.0 Å². The minimum atomic E-state index is -0.0495. The predicted molar refractivity (Wildman–Crippen MR) is 126 cm³/mol. The molecule has 1 aliphatic carbocycles.